The summed E-state index contributed by atoms with van der Waals surface area (Å²) in [7, 11) is 0. The number of aliphatic hydroxyl groups excluding tert-OH is 1. The molecule has 146 valence electrons. The number of cyclic esters (lactones) is 1. The molecule has 5 heteroatoms. The largest absolute Gasteiger partial charge is 0.462 e. The third-order valence-electron chi connectivity index (χ3n) is 5.47. The van der Waals surface area contributed by atoms with Gasteiger partial charge in [0, 0.05) is 30.8 Å². The van der Waals surface area contributed by atoms with E-state index in [1.54, 1.807) is 12.1 Å². The van der Waals surface area contributed by atoms with Gasteiger partial charge in [-0.3, -0.25) is 4.79 Å². The highest BCUT2D eigenvalue weighted by molar-refractivity contribution is 5.71. The summed E-state index contributed by atoms with van der Waals surface area (Å²) in [5.41, 5.74) is 3.26. The lowest BCUT2D eigenvalue weighted by Crippen LogP contribution is -2.33. The number of ether oxygens (including phenoxy) is 1. The fourth-order valence-electron chi connectivity index (χ4n) is 3.98. The first-order chi connectivity index (χ1) is 13.0. The highest BCUT2D eigenvalue weighted by atomic mass is 19.1. The Morgan fingerprint density at radius 2 is 1.89 bits per heavy atom. The van der Waals surface area contributed by atoms with Crippen molar-refractivity contribution in [1.29, 1.82) is 0 Å². The van der Waals surface area contributed by atoms with Crippen molar-refractivity contribution in [3.05, 3.63) is 47.9 Å². The molecule has 0 saturated carbocycles. The number of hydrogen-bond donors (Lipinski definition) is 1. The van der Waals surface area contributed by atoms with Crippen molar-refractivity contribution in [3.63, 3.8) is 0 Å². The minimum Gasteiger partial charge on any atom is -0.462 e. The Labute approximate surface area is 160 Å². The molecule has 1 N–H and O–H groups in total. The van der Waals surface area contributed by atoms with Crippen LogP contribution in [0.15, 0.2) is 36.4 Å². The molecule has 2 aromatic rings. The molecule has 2 atom stereocenters. The molecule has 3 rings (SSSR count). The summed E-state index contributed by atoms with van der Waals surface area (Å²) in [6.07, 6.45) is 2.43. The van der Waals surface area contributed by atoms with Gasteiger partial charge in [-0.2, -0.15) is 0 Å². The Kier molecular flexibility index (Phi) is 6.32. The lowest BCUT2D eigenvalue weighted by molar-refractivity contribution is -0.160. The molecule has 1 aromatic heterocycles. The highest BCUT2D eigenvalue weighted by Crippen LogP contribution is 2.31. The highest BCUT2D eigenvalue weighted by Gasteiger charge is 2.27. The number of nitrogens with zero attached hydrogens (tertiary/aromatic N) is 1. The van der Waals surface area contributed by atoms with E-state index in [2.05, 4.69) is 30.5 Å². The maximum atomic E-state index is 13.3. The molecule has 1 fully saturated rings. The van der Waals surface area contributed by atoms with Crippen LogP contribution in [0.5, 0.6) is 0 Å². The van der Waals surface area contributed by atoms with Crippen LogP contribution in [0.3, 0.4) is 0 Å². The minimum absolute atomic E-state index is 0.0832. The fourth-order valence-corrected chi connectivity index (χ4v) is 3.98. The van der Waals surface area contributed by atoms with E-state index in [-0.39, 0.29) is 24.3 Å². The maximum Gasteiger partial charge on any atom is 0.308 e. The molecule has 1 aliphatic heterocycles. The lowest BCUT2D eigenvalue weighted by Gasteiger charge is -2.27. The van der Waals surface area contributed by atoms with E-state index < -0.39 is 6.10 Å². The van der Waals surface area contributed by atoms with E-state index in [1.807, 2.05) is 0 Å². The van der Waals surface area contributed by atoms with E-state index in [9.17, 15) is 14.3 Å². The third kappa shape index (κ3) is 4.59. The van der Waals surface area contributed by atoms with Crippen molar-refractivity contribution < 1.29 is 19.0 Å². The predicted octanol–water partition coefficient (Wildman–Crippen LogP) is 4.65. The van der Waals surface area contributed by atoms with E-state index in [1.165, 1.54) is 17.8 Å². The second-order valence-corrected chi connectivity index (χ2v) is 7.31. The fraction of sp³-hybridized carbons (Fsp3) is 0.500. The van der Waals surface area contributed by atoms with Crippen molar-refractivity contribution in [2.75, 3.05) is 0 Å². The van der Waals surface area contributed by atoms with Crippen LogP contribution in [-0.4, -0.2) is 27.9 Å². The van der Waals surface area contributed by atoms with Gasteiger partial charge in [0.05, 0.1) is 12.5 Å². The van der Waals surface area contributed by atoms with Crippen molar-refractivity contribution in [2.24, 2.45) is 0 Å². The van der Waals surface area contributed by atoms with Gasteiger partial charge in [0.25, 0.3) is 0 Å². The van der Waals surface area contributed by atoms with Crippen LogP contribution in [0.25, 0.3) is 11.3 Å². The Morgan fingerprint density at radius 1 is 1.19 bits per heavy atom. The molecule has 0 radical (unpaired) electrons. The van der Waals surface area contributed by atoms with Crippen molar-refractivity contribution in [2.45, 2.75) is 70.6 Å². The molecule has 0 spiro atoms. The normalized spacial score (nSPS) is 20.1. The molecule has 2 heterocycles. The Bertz CT molecular complexity index is 764. The summed E-state index contributed by atoms with van der Waals surface area (Å²) >= 11 is 0. The van der Waals surface area contributed by atoms with Gasteiger partial charge in [-0.25, -0.2) is 4.39 Å². The van der Waals surface area contributed by atoms with Crippen LogP contribution in [0.4, 0.5) is 4.39 Å². The summed E-state index contributed by atoms with van der Waals surface area (Å²) in [6.45, 7) is 5.06. The summed E-state index contributed by atoms with van der Waals surface area (Å²) in [5.74, 6) is -0.135. The molecular weight excluding hydrogens is 345 g/mol. The van der Waals surface area contributed by atoms with E-state index in [0.29, 0.717) is 25.3 Å². The molecule has 0 unspecified atom stereocenters. The number of aliphatic hydroxyl groups is 1. The van der Waals surface area contributed by atoms with Crippen LogP contribution < -0.4 is 0 Å². The number of esters is 1. The van der Waals surface area contributed by atoms with E-state index in [4.69, 9.17) is 4.74 Å². The van der Waals surface area contributed by atoms with E-state index in [0.717, 1.165) is 24.1 Å². The topological polar surface area (TPSA) is 51.5 Å². The number of carbonyl (C=O) groups excluding carboxylic acids is 1. The summed E-state index contributed by atoms with van der Waals surface area (Å²) in [6, 6.07) is 10.8. The molecule has 4 nitrogen and oxygen atoms in total. The number of hydrogen-bond acceptors (Lipinski definition) is 3. The van der Waals surface area contributed by atoms with Gasteiger partial charge in [-0.1, -0.05) is 13.8 Å². The number of rotatable bonds is 7. The quantitative estimate of drug-likeness (QED) is 0.719. The monoisotopic (exact) mass is 373 g/mol. The summed E-state index contributed by atoms with van der Waals surface area (Å²) < 4.78 is 21.0. The molecule has 1 aliphatic rings. The second-order valence-electron chi connectivity index (χ2n) is 7.31. The Hall–Kier alpha value is -2.14. The number of halogens is 1. The molecule has 0 amide bonds. The molecular formula is C22H28FNO3. The van der Waals surface area contributed by atoms with Crippen molar-refractivity contribution in [1.82, 2.24) is 4.57 Å². The Morgan fingerprint density at radius 3 is 2.52 bits per heavy atom. The zero-order valence-corrected chi connectivity index (χ0v) is 16.0. The van der Waals surface area contributed by atoms with Crippen molar-refractivity contribution in [3.8, 4) is 11.3 Å². The first-order valence-electron chi connectivity index (χ1n) is 9.84. The minimum atomic E-state index is -0.615. The molecule has 1 saturated heterocycles. The average Bonchev–Trinajstić information content (AvgIpc) is 3.05. The van der Waals surface area contributed by atoms with Crippen LogP contribution >= 0.6 is 0 Å². The van der Waals surface area contributed by atoms with Gasteiger partial charge >= 0.3 is 5.97 Å². The first kappa shape index (κ1) is 19.6. The van der Waals surface area contributed by atoms with Gasteiger partial charge in [-0.15, -0.1) is 0 Å². The molecule has 27 heavy (non-hydrogen) atoms. The van der Waals surface area contributed by atoms with E-state index >= 15 is 0 Å². The van der Waals surface area contributed by atoms with Gasteiger partial charge in [0.15, 0.2) is 0 Å². The molecule has 0 bridgehead atoms. The number of benzene rings is 1. The SMILES string of the molecule is CCC(CC)c1ccc(-c2ccc(F)cc2)n1CC[C@@H]1C[C@@H](O)CC(=O)O1. The lowest BCUT2D eigenvalue weighted by atomic mass is 9.99. The van der Waals surface area contributed by atoms with Gasteiger partial charge in [-0.05, 0) is 60.7 Å². The van der Waals surface area contributed by atoms with Crippen LogP contribution in [0.1, 0.15) is 57.6 Å². The van der Waals surface area contributed by atoms with Gasteiger partial charge in [0.1, 0.15) is 11.9 Å². The smallest absolute Gasteiger partial charge is 0.308 e. The predicted molar refractivity (Wildman–Crippen MR) is 103 cm³/mol. The first-order valence-corrected chi connectivity index (χ1v) is 9.84. The molecule has 0 aliphatic carbocycles. The van der Waals surface area contributed by atoms with Crippen LogP contribution in [-0.2, 0) is 16.1 Å². The van der Waals surface area contributed by atoms with Crippen LogP contribution in [0.2, 0.25) is 0 Å². The molecule has 1 aromatic carbocycles. The third-order valence-corrected chi connectivity index (χ3v) is 5.47. The van der Waals surface area contributed by atoms with Crippen molar-refractivity contribution >= 4 is 5.97 Å². The van der Waals surface area contributed by atoms with Gasteiger partial charge in [0.2, 0.25) is 0 Å². The zero-order chi connectivity index (χ0) is 19.4. The Balaban J connectivity index is 1.87. The number of aromatic nitrogens is 1. The number of carbonyl (C=O) groups is 1. The summed E-state index contributed by atoms with van der Waals surface area (Å²) in [4.78, 5) is 11.6. The average molecular weight is 373 g/mol. The van der Waals surface area contributed by atoms with Gasteiger partial charge < -0.3 is 14.4 Å². The van der Waals surface area contributed by atoms with Crippen LogP contribution in [0, 0.1) is 5.82 Å². The maximum absolute atomic E-state index is 13.3. The summed E-state index contributed by atoms with van der Waals surface area (Å²) in [5, 5.41) is 9.84. The second kappa shape index (κ2) is 8.70. The standard InChI is InChI=1S/C22H28FNO3/c1-3-15(4-2)20-9-10-21(16-5-7-17(23)8-6-16)24(20)12-11-19-13-18(25)14-22(26)27-19/h5-10,15,18-19,25H,3-4,11-14H2,1-2H3/t18-,19-/m1/s1. The zero-order valence-electron chi connectivity index (χ0n) is 16.0.